The van der Waals surface area contributed by atoms with E-state index in [1.165, 1.54) is 6.07 Å². The summed E-state index contributed by atoms with van der Waals surface area (Å²) in [7, 11) is 0. The molecule has 1 aliphatic heterocycles. The predicted molar refractivity (Wildman–Crippen MR) is 88.5 cm³/mol. The number of aromatic nitrogens is 2. The van der Waals surface area contributed by atoms with Crippen LogP contribution >= 0.6 is 0 Å². The van der Waals surface area contributed by atoms with Gasteiger partial charge in [0.1, 0.15) is 5.60 Å². The predicted octanol–water partition coefficient (Wildman–Crippen LogP) is 2.19. The zero-order chi connectivity index (χ0) is 18.2. The van der Waals surface area contributed by atoms with E-state index >= 15 is 0 Å². The maximum atomic E-state index is 12.1. The van der Waals surface area contributed by atoms with Gasteiger partial charge in [-0.1, -0.05) is 0 Å². The number of amides is 1. The zero-order valence-electron chi connectivity index (χ0n) is 14.3. The van der Waals surface area contributed by atoms with Gasteiger partial charge in [-0.05, 0) is 37.2 Å². The average Bonchev–Trinajstić information content (AvgIpc) is 3.01. The number of nitro benzene ring substituents is 1. The Balaban J connectivity index is 1.75. The molecule has 1 aliphatic rings. The second-order valence-corrected chi connectivity index (χ2v) is 6.78. The largest absolute Gasteiger partial charge is 0.444 e. The number of anilines is 1. The summed E-state index contributed by atoms with van der Waals surface area (Å²) in [5.74, 6) is 0. The van der Waals surface area contributed by atoms with Gasteiger partial charge in [-0.25, -0.2) is 9.42 Å². The van der Waals surface area contributed by atoms with Gasteiger partial charge in [0.2, 0.25) is 5.52 Å². The molecule has 0 N–H and O–H groups in total. The van der Waals surface area contributed by atoms with Crippen molar-refractivity contribution < 1.29 is 19.1 Å². The van der Waals surface area contributed by atoms with E-state index in [1.807, 2.05) is 25.7 Å². The molecular weight excluding hydrogens is 330 g/mol. The van der Waals surface area contributed by atoms with Crippen molar-refractivity contribution in [2.45, 2.75) is 26.4 Å². The second-order valence-electron chi connectivity index (χ2n) is 6.78. The molecule has 3 rings (SSSR count). The van der Waals surface area contributed by atoms with Crippen LogP contribution < -0.4 is 4.90 Å². The lowest BCUT2D eigenvalue weighted by Gasteiger charge is -2.36. The number of hydrogen-bond acceptors (Lipinski definition) is 8. The lowest BCUT2D eigenvalue weighted by Crippen LogP contribution is -2.50. The molecule has 134 valence electrons. The van der Waals surface area contributed by atoms with Gasteiger partial charge in [-0.15, -0.1) is 0 Å². The number of rotatable bonds is 2. The molecule has 0 unspecified atom stereocenters. The Hall–Kier alpha value is -2.91. The zero-order valence-corrected chi connectivity index (χ0v) is 14.3. The molecule has 0 saturated carbocycles. The lowest BCUT2D eigenvalue weighted by molar-refractivity contribution is -0.383. The van der Waals surface area contributed by atoms with E-state index in [9.17, 15) is 14.9 Å². The minimum Gasteiger partial charge on any atom is -0.444 e. The standard InChI is InChI=1S/C15H19N5O5/c1-15(2,3)24-14(21)19-8-6-18(7-9-19)10-4-5-11(20(22)23)13-12(10)16-25-17-13/h4-5H,6-9H2,1-3H3. The molecule has 0 bridgehead atoms. The van der Waals surface area contributed by atoms with Crippen molar-refractivity contribution in [1.82, 2.24) is 15.2 Å². The monoisotopic (exact) mass is 349 g/mol. The third-order valence-corrected chi connectivity index (χ3v) is 3.84. The Morgan fingerprint density at radius 1 is 1.20 bits per heavy atom. The molecule has 0 spiro atoms. The SMILES string of the molecule is CC(C)(C)OC(=O)N1CCN(c2ccc([N+](=O)[O-])c3nonc23)CC1. The van der Waals surface area contributed by atoms with Crippen LogP contribution in [-0.2, 0) is 4.74 Å². The van der Waals surface area contributed by atoms with Gasteiger partial charge >= 0.3 is 11.8 Å². The van der Waals surface area contributed by atoms with Crippen LogP contribution in [0.2, 0.25) is 0 Å². The molecule has 0 aliphatic carbocycles. The third-order valence-electron chi connectivity index (χ3n) is 3.84. The van der Waals surface area contributed by atoms with Crippen LogP contribution in [0.25, 0.3) is 11.0 Å². The molecule has 2 heterocycles. The number of nitrogens with zero attached hydrogens (tertiary/aromatic N) is 5. The number of carbonyl (C=O) groups is 1. The molecule has 0 radical (unpaired) electrons. The van der Waals surface area contributed by atoms with Gasteiger partial charge in [-0.2, -0.15) is 0 Å². The summed E-state index contributed by atoms with van der Waals surface area (Å²) < 4.78 is 10.1. The molecule has 2 aromatic rings. The number of piperazine rings is 1. The number of benzene rings is 1. The summed E-state index contributed by atoms with van der Waals surface area (Å²) in [6, 6.07) is 3.02. The highest BCUT2D eigenvalue weighted by Gasteiger charge is 2.28. The van der Waals surface area contributed by atoms with Gasteiger partial charge in [-0.3, -0.25) is 10.1 Å². The molecule has 10 nitrogen and oxygen atoms in total. The van der Waals surface area contributed by atoms with E-state index in [0.29, 0.717) is 37.4 Å². The number of hydrogen-bond donors (Lipinski definition) is 0. The number of nitro groups is 1. The molecule has 0 atom stereocenters. The van der Waals surface area contributed by atoms with E-state index < -0.39 is 10.5 Å². The first-order chi connectivity index (χ1) is 11.8. The molecule has 1 aromatic carbocycles. The average molecular weight is 349 g/mol. The summed E-state index contributed by atoms with van der Waals surface area (Å²) in [5.41, 5.74) is 0.487. The minimum absolute atomic E-state index is 0.122. The number of carbonyl (C=O) groups excluding carboxylic acids is 1. The topological polar surface area (TPSA) is 115 Å². The number of non-ortho nitro benzene ring substituents is 1. The van der Waals surface area contributed by atoms with Crippen molar-refractivity contribution in [3.8, 4) is 0 Å². The van der Waals surface area contributed by atoms with Crippen LogP contribution in [0.15, 0.2) is 16.8 Å². The number of fused-ring (bicyclic) bond motifs is 1. The maximum Gasteiger partial charge on any atom is 0.410 e. The van der Waals surface area contributed by atoms with E-state index in [-0.39, 0.29) is 17.3 Å². The van der Waals surface area contributed by atoms with Gasteiger partial charge in [0.05, 0.1) is 10.6 Å². The van der Waals surface area contributed by atoms with Crippen molar-refractivity contribution in [2.24, 2.45) is 0 Å². The van der Waals surface area contributed by atoms with Crippen molar-refractivity contribution in [2.75, 3.05) is 31.1 Å². The van der Waals surface area contributed by atoms with E-state index in [0.717, 1.165) is 0 Å². The highest BCUT2D eigenvalue weighted by atomic mass is 16.6. The first-order valence-corrected chi connectivity index (χ1v) is 7.89. The summed E-state index contributed by atoms with van der Waals surface area (Å²) in [6.45, 7) is 7.56. The fourth-order valence-electron chi connectivity index (χ4n) is 2.70. The fraction of sp³-hybridized carbons (Fsp3) is 0.533. The highest BCUT2D eigenvalue weighted by molar-refractivity contribution is 5.93. The highest BCUT2D eigenvalue weighted by Crippen LogP contribution is 2.31. The summed E-state index contributed by atoms with van der Waals surface area (Å²) in [6.07, 6.45) is -0.343. The molecule has 25 heavy (non-hydrogen) atoms. The normalized spacial score (nSPS) is 15.5. The molecule has 10 heteroatoms. The Morgan fingerprint density at radius 2 is 1.84 bits per heavy atom. The van der Waals surface area contributed by atoms with Crippen molar-refractivity contribution in [1.29, 1.82) is 0 Å². The maximum absolute atomic E-state index is 12.1. The van der Waals surface area contributed by atoms with Gasteiger partial charge in [0, 0.05) is 32.2 Å². The van der Waals surface area contributed by atoms with Crippen LogP contribution in [0.1, 0.15) is 20.8 Å². The van der Waals surface area contributed by atoms with Gasteiger partial charge in [0.25, 0.3) is 0 Å². The van der Waals surface area contributed by atoms with E-state index in [2.05, 4.69) is 14.9 Å². The van der Waals surface area contributed by atoms with Crippen LogP contribution in [-0.4, -0.2) is 58.0 Å². The minimum atomic E-state index is -0.537. The van der Waals surface area contributed by atoms with Gasteiger partial charge in [0.15, 0.2) is 5.52 Å². The van der Waals surface area contributed by atoms with Crippen molar-refractivity contribution in [3.63, 3.8) is 0 Å². The van der Waals surface area contributed by atoms with E-state index in [4.69, 9.17) is 4.74 Å². The molecule has 1 fully saturated rings. The summed E-state index contributed by atoms with van der Waals surface area (Å²) in [5, 5.41) is 18.5. The Morgan fingerprint density at radius 3 is 2.44 bits per heavy atom. The fourth-order valence-corrected chi connectivity index (χ4v) is 2.70. The molecule has 1 amide bonds. The Bertz CT molecular complexity index is 804. The summed E-state index contributed by atoms with van der Waals surface area (Å²) in [4.78, 5) is 26.3. The van der Waals surface area contributed by atoms with Crippen LogP contribution in [0.3, 0.4) is 0 Å². The Kier molecular flexibility index (Phi) is 4.19. The number of ether oxygens (including phenoxy) is 1. The quantitative estimate of drug-likeness (QED) is 0.598. The third kappa shape index (κ3) is 3.47. The lowest BCUT2D eigenvalue weighted by atomic mass is 10.2. The van der Waals surface area contributed by atoms with E-state index in [1.54, 1.807) is 11.0 Å². The van der Waals surface area contributed by atoms with Gasteiger partial charge < -0.3 is 14.5 Å². The van der Waals surface area contributed by atoms with Crippen LogP contribution in [0.5, 0.6) is 0 Å². The first-order valence-electron chi connectivity index (χ1n) is 7.89. The van der Waals surface area contributed by atoms with Crippen molar-refractivity contribution in [3.05, 3.63) is 22.2 Å². The first kappa shape index (κ1) is 16.9. The molecule has 1 aromatic heterocycles. The van der Waals surface area contributed by atoms with Crippen LogP contribution in [0.4, 0.5) is 16.2 Å². The molecular formula is C15H19N5O5. The summed E-state index contributed by atoms with van der Waals surface area (Å²) >= 11 is 0. The second kappa shape index (κ2) is 6.19. The van der Waals surface area contributed by atoms with Crippen molar-refractivity contribution >= 4 is 28.5 Å². The molecule has 1 saturated heterocycles. The van der Waals surface area contributed by atoms with Crippen LogP contribution in [0, 0.1) is 10.1 Å². The smallest absolute Gasteiger partial charge is 0.410 e. The Labute approximate surface area is 143 Å².